The summed E-state index contributed by atoms with van der Waals surface area (Å²) in [5.74, 6) is 1.94. The summed E-state index contributed by atoms with van der Waals surface area (Å²) in [6, 6.07) is 8.07. The predicted octanol–water partition coefficient (Wildman–Crippen LogP) is 2.46. The number of nitrogens with zero attached hydrogens (tertiary/aromatic N) is 3. The molecule has 2 aromatic rings. The Morgan fingerprint density at radius 3 is 2.78 bits per heavy atom. The van der Waals surface area contributed by atoms with E-state index in [0.29, 0.717) is 6.61 Å². The fourth-order valence-electron chi connectivity index (χ4n) is 1.90. The van der Waals surface area contributed by atoms with Gasteiger partial charge in [0, 0.05) is 26.5 Å². The minimum Gasteiger partial charge on any atom is -0.492 e. The first-order valence-corrected chi connectivity index (χ1v) is 6.11. The fraction of sp³-hybridized carbons (Fsp3) is 0.357. The van der Waals surface area contributed by atoms with E-state index >= 15 is 0 Å². The molecule has 0 unspecified atom stereocenters. The number of aryl methyl sites for hydroxylation is 1. The molecule has 4 heteroatoms. The van der Waals surface area contributed by atoms with Gasteiger partial charge in [0.15, 0.2) is 0 Å². The van der Waals surface area contributed by atoms with Crippen LogP contribution in [0.3, 0.4) is 0 Å². The third kappa shape index (κ3) is 2.64. The fourth-order valence-corrected chi connectivity index (χ4v) is 1.90. The lowest BCUT2D eigenvalue weighted by atomic mass is 10.2. The lowest BCUT2D eigenvalue weighted by molar-refractivity contribution is 0.340. The second kappa shape index (κ2) is 5.58. The van der Waals surface area contributed by atoms with Crippen LogP contribution < -0.4 is 9.64 Å². The molecular formula is C14H19N3O. The normalized spacial score (nSPS) is 10.4. The number of aromatic nitrogens is 2. The van der Waals surface area contributed by atoms with E-state index in [2.05, 4.69) is 16.0 Å². The highest BCUT2D eigenvalue weighted by atomic mass is 16.5. The first-order chi connectivity index (χ1) is 8.72. The van der Waals surface area contributed by atoms with Crippen molar-refractivity contribution in [3.8, 4) is 5.75 Å². The molecule has 1 aromatic heterocycles. The Labute approximate surface area is 108 Å². The average molecular weight is 245 g/mol. The van der Waals surface area contributed by atoms with E-state index in [4.69, 9.17) is 4.74 Å². The van der Waals surface area contributed by atoms with Crippen molar-refractivity contribution >= 4 is 5.69 Å². The van der Waals surface area contributed by atoms with Gasteiger partial charge < -0.3 is 14.2 Å². The van der Waals surface area contributed by atoms with Crippen molar-refractivity contribution in [3.63, 3.8) is 0 Å². The third-order valence-electron chi connectivity index (χ3n) is 2.88. The van der Waals surface area contributed by atoms with Gasteiger partial charge in [-0.1, -0.05) is 12.1 Å². The van der Waals surface area contributed by atoms with Crippen LogP contribution in [0.1, 0.15) is 12.7 Å². The summed E-state index contributed by atoms with van der Waals surface area (Å²) in [5, 5.41) is 0. The van der Waals surface area contributed by atoms with Gasteiger partial charge in [-0.3, -0.25) is 0 Å². The summed E-state index contributed by atoms with van der Waals surface area (Å²) in [6.07, 6.45) is 3.77. The van der Waals surface area contributed by atoms with Gasteiger partial charge in [-0.15, -0.1) is 0 Å². The molecule has 0 bridgehead atoms. The first kappa shape index (κ1) is 12.5. The minimum absolute atomic E-state index is 0.674. The molecule has 18 heavy (non-hydrogen) atoms. The SMILES string of the molecule is CCOc1ccccc1N(C)Cc1nccn1C. The van der Waals surface area contributed by atoms with E-state index in [1.807, 2.05) is 56.2 Å². The Hall–Kier alpha value is -1.97. The monoisotopic (exact) mass is 245 g/mol. The highest BCUT2D eigenvalue weighted by Crippen LogP contribution is 2.27. The molecule has 1 heterocycles. The maximum Gasteiger partial charge on any atom is 0.142 e. The molecule has 0 aliphatic heterocycles. The Balaban J connectivity index is 2.18. The summed E-state index contributed by atoms with van der Waals surface area (Å²) >= 11 is 0. The summed E-state index contributed by atoms with van der Waals surface area (Å²) in [4.78, 5) is 6.48. The van der Waals surface area contributed by atoms with Gasteiger partial charge in [0.05, 0.1) is 18.8 Å². The molecule has 0 radical (unpaired) electrons. The van der Waals surface area contributed by atoms with Crippen molar-refractivity contribution in [3.05, 3.63) is 42.5 Å². The average Bonchev–Trinajstić information content (AvgIpc) is 2.76. The number of para-hydroxylation sites is 2. The number of hydrogen-bond donors (Lipinski definition) is 0. The van der Waals surface area contributed by atoms with E-state index in [1.165, 1.54) is 0 Å². The topological polar surface area (TPSA) is 30.3 Å². The highest BCUT2D eigenvalue weighted by molar-refractivity contribution is 5.57. The molecule has 4 nitrogen and oxygen atoms in total. The summed E-state index contributed by atoms with van der Waals surface area (Å²) < 4.78 is 7.67. The van der Waals surface area contributed by atoms with Crippen LogP contribution >= 0.6 is 0 Å². The van der Waals surface area contributed by atoms with Gasteiger partial charge in [-0.25, -0.2) is 4.98 Å². The van der Waals surface area contributed by atoms with Gasteiger partial charge in [-0.05, 0) is 19.1 Å². The number of rotatable bonds is 5. The number of hydrogen-bond acceptors (Lipinski definition) is 3. The Kier molecular flexibility index (Phi) is 3.87. The van der Waals surface area contributed by atoms with Crippen LogP contribution in [0.5, 0.6) is 5.75 Å². The molecule has 96 valence electrons. The van der Waals surface area contributed by atoms with Crippen molar-refractivity contribution in [2.24, 2.45) is 7.05 Å². The van der Waals surface area contributed by atoms with Crippen LogP contribution in [0.15, 0.2) is 36.7 Å². The predicted molar refractivity (Wildman–Crippen MR) is 72.9 cm³/mol. The van der Waals surface area contributed by atoms with Gasteiger partial charge in [0.1, 0.15) is 11.6 Å². The number of imidazole rings is 1. The van der Waals surface area contributed by atoms with Crippen molar-refractivity contribution in [1.82, 2.24) is 9.55 Å². The Morgan fingerprint density at radius 2 is 2.11 bits per heavy atom. The summed E-state index contributed by atoms with van der Waals surface area (Å²) in [6.45, 7) is 3.43. The maximum atomic E-state index is 5.64. The molecule has 0 N–H and O–H groups in total. The van der Waals surface area contributed by atoms with E-state index < -0.39 is 0 Å². The number of benzene rings is 1. The van der Waals surface area contributed by atoms with E-state index in [0.717, 1.165) is 23.8 Å². The lowest BCUT2D eigenvalue weighted by Gasteiger charge is -2.21. The molecule has 0 saturated heterocycles. The lowest BCUT2D eigenvalue weighted by Crippen LogP contribution is -2.19. The van der Waals surface area contributed by atoms with Crippen LogP contribution in [-0.4, -0.2) is 23.2 Å². The largest absolute Gasteiger partial charge is 0.492 e. The summed E-state index contributed by atoms with van der Waals surface area (Å²) in [7, 11) is 4.05. The molecule has 1 aromatic carbocycles. The van der Waals surface area contributed by atoms with Crippen molar-refractivity contribution in [2.45, 2.75) is 13.5 Å². The quantitative estimate of drug-likeness (QED) is 0.810. The zero-order chi connectivity index (χ0) is 13.0. The van der Waals surface area contributed by atoms with Gasteiger partial charge >= 0.3 is 0 Å². The van der Waals surface area contributed by atoms with Gasteiger partial charge in [0.2, 0.25) is 0 Å². The van der Waals surface area contributed by atoms with Gasteiger partial charge in [-0.2, -0.15) is 0 Å². The van der Waals surface area contributed by atoms with Crippen molar-refractivity contribution in [2.75, 3.05) is 18.6 Å². The molecule has 0 aliphatic rings. The van der Waals surface area contributed by atoms with Crippen LogP contribution in [0.25, 0.3) is 0 Å². The van der Waals surface area contributed by atoms with E-state index in [1.54, 1.807) is 0 Å². The van der Waals surface area contributed by atoms with Crippen LogP contribution in [0.4, 0.5) is 5.69 Å². The van der Waals surface area contributed by atoms with E-state index in [9.17, 15) is 0 Å². The highest BCUT2D eigenvalue weighted by Gasteiger charge is 2.10. The molecule has 2 rings (SSSR count). The molecule has 0 spiro atoms. The first-order valence-electron chi connectivity index (χ1n) is 6.11. The third-order valence-corrected chi connectivity index (χ3v) is 2.88. The van der Waals surface area contributed by atoms with Crippen molar-refractivity contribution < 1.29 is 4.74 Å². The molecule has 0 aliphatic carbocycles. The second-order valence-electron chi connectivity index (χ2n) is 4.21. The maximum absolute atomic E-state index is 5.64. The number of anilines is 1. The zero-order valence-corrected chi connectivity index (χ0v) is 11.1. The van der Waals surface area contributed by atoms with Crippen molar-refractivity contribution in [1.29, 1.82) is 0 Å². The minimum atomic E-state index is 0.674. The molecule has 0 saturated carbocycles. The van der Waals surface area contributed by atoms with Gasteiger partial charge in [0.25, 0.3) is 0 Å². The standard InChI is InChI=1S/C14H19N3O/c1-4-18-13-8-6-5-7-12(13)17(3)11-14-15-9-10-16(14)2/h5-10H,4,11H2,1-3H3. The molecule has 0 fully saturated rings. The molecular weight excluding hydrogens is 226 g/mol. The van der Waals surface area contributed by atoms with Crippen LogP contribution in [0, 0.1) is 0 Å². The summed E-state index contributed by atoms with van der Waals surface area (Å²) in [5.41, 5.74) is 1.09. The Bertz CT molecular complexity index is 507. The Morgan fingerprint density at radius 1 is 1.33 bits per heavy atom. The smallest absolute Gasteiger partial charge is 0.142 e. The van der Waals surface area contributed by atoms with E-state index in [-0.39, 0.29) is 0 Å². The molecule has 0 amide bonds. The zero-order valence-electron chi connectivity index (χ0n) is 11.1. The number of ether oxygens (including phenoxy) is 1. The van der Waals surface area contributed by atoms with Crippen LogP contribution in [0.2, 0.25) is 0 Å². The second-order valence-corrected chi connectivity index (χ2v) is 4.21. The molecule has 0 atom stereocenters. The van der Waals surface area contributed by atoms with Crippen LogP contribution in [-0.2, 0) is 13.6 Å².